The quantitative estimate of drug-likeness (QED) is 0.909. The molecule has 0 amide bonds. The van der Waals surface area contributed by atoms with Crippen LogP contribution in [0.1, 0.15) is 16.8 Å². The van der Waals surface area contributed by atoms with Crippen LogP contribution in [0, 0.1) is 0 Å². The van der Waals surface area contributed by atoms with Gasteiger partial charge in [0.1, 0.15) is 0 Å². The SMILES string of the molecule is C[C@H]1CN(Cc2cnc(C(F)(F)F)s2)CCN1.Cl. The van der Waals surface area contributed by atoms with Gasteiger partial charge in [-0.3, -0.25) is 4.90 Å². The molecular formula is C10H15ClF3N3S. The van der Waals surface area contributed by atoms with Crippen LogP contribution in [0.5, 0.6) is 0 Å². The predicted octanol–water partition coefficient (Wildman–Crippen LogP) is 2.38. The van der Waals surface area contributed by atoms with E-state index in [9.17, 15) is 13.2 Å². The van der Waals surface area contributed by atoms with Gasteiger partial charge in [-0.2, -0.15) is 13.2 Å². The minimum Gasteiger partial charge on any atom is -0.312 e. The van der Waals surface area contributed by atoms with Gasteiger partial charge in [0.25, 0.3) is 0 Å². The van der Waals surface area contributed by atoms with Crippen LogP contribution in [0.3, 0.4) is 0 Å². The second-order valence-corrected chi connectivity index (χ2v) is 5.33. The number of aromatic nitrogens is 1. The molecule has 0 radical (unpaired) electrons. The van der Waals surface area contributed by atoms with Gasteiger partial charge in [0, 0.05) is 43.3 Å². The maximum absolute atomic E-state index is 12.4. The summed E-state index contributed by atoms with van der Waals surface area (Å²) in [5.74, 6) is 0. The number of thiazole rings is 1. The number of hydrogen-bond donors (Lipinski definition) is 1. The van der Waals surface area contributed by atoms with Crippen LogP contribution < -0.4 is 5.32 Å². The molecule has 1 aromatic rings. The lowest BCUT2D eigenvalue weighted by molar-refractivity contribution is -0.137. The Labute approximate surface area is 114 Å². The molecule has 0 aliphatic carbocycles. The molecule has 1 N–H and O–H groups in total. The number of hydrogen-bond acceptors (Lipinski definition) is 4. The zero-order valence-electron chi connectivity index (χ0n) is 9.83. The van der Waals surface area contributed by atoms with Crippen LogP contribution in [0.25, 0.3) is 0 Å². The molecule has 1 aliphatic heterocycles. The largest absolute Gasteiger partial charge is 0.443 e. The van der Waals surface area contributed by atoms with Crippen LogP contribution in [0.2, 0.25) is 0 Å². The molecule has 0 spiro atoms. The number of piperazine rings is 1. The fourth-order valence-corrected chi connectivity index (χ4v) is 2.71. The number of alkyl halides is 3. The standard InChI is InChI=1S/C10H14F3N3S.ClH/c1-7-5-16(3-2-14-7)6-8-4-15-9(17-8)10(11,12)13;/h4,7,14H,2-3,5-6H2,1H3;1H/t7-;/m0./s1. The number of halogens is 4. The first-order chi connectivity index (χ1) is 7.95. The van der Waals surface area contributed by atoms with Crippen LogP contribution in [0.15, 0.2) is 6.20 Å². The average Bonchev–Trinajstić information content (AvgIpc) is 2.65. The average molecular weight is 302 g/mol. The highest BCUT2D eigenvalue weighted by Gasteiger charge is 2.34. The van der Waals surface area contributed by atoms with Crippen molar-refractivity contribution in [2.45, 2.75) is 25.7 Å². The first-order valence-electron chi connectivity index (χ1n) is 5.43. The van der Waals surface area contributed by atoms with Crippen molar-refractivity contribution in [2.75, 3.05) is 19.6 Å². The van der Waals surface area contributed by atoms with Crippen LogP contribution in [-0.4, -0.2) is 35.6 Å². The Kier molecular flexibility index (Phi) is 5.39. The third kappa shape index (κ3) is 4.08. The summed E-state index contributed by atoms with van der Waals surface area (Å²) < 4.78 is 37.1. The monoisotopic (exact) mass is 301 g/mol. The lowest BCUT2D eigenvalue weighted by Crippen LogP contribution is -2.48. The van der Waals surface area contributed by atoms with E-state index >= 15 is 0 Å². The van der Waals surface area contributed by atoms with E-state index in [4.69, 9.17) is 0 Å². The molecule has 2 heterocycles. The minimum atomic E-state index is -4.32. The number of nitrogens with one attached hydrogen (secondary N) is 1. The van der Waals surface area contributed by atoms with Crippen molar-refractivity contribution in [1.29, 1.82) is 0 Å². The lowest BCUT2D eigenvalue weighted by Gasteiger charge is -2.31. The summed E-state index contributed by atoms with van der Waals surface area (Å²) in [6.45, 7) is 5.23. The molecule has 1 saturated heterocycles. The van der Waals surface area contributed by atoms with Crippen molar-refractivity contribution in [3.05, 3.63) is 16.1 Å². The molecule has 2 rings (SSSR count). The van der Waals surface area contributed by atoms with Gasteiger partial charge in [0.15, 0.2) is 5.01 Å². The Morgan fingerprint density at radius 1 is 1.56 bits per heavy atom. The summed E-state index contributed by atoms with van der Waals surface area (Å²) in [7, 11) is 0. The molecule has 1 fully saturated rings. The molecule has 1 atom stereocenters. The molecule has 0 unspecified atom stereocenters. The second kappa shape index (κ2) is 6.18. The Hall–Kier alpha value is -0.370. The van der Waals surface area contributed by atoms with E-state index in [0.717, 1.165) is 31.0 Å². The van der Waals surface area contributed by atoms with E-state index in [1.165, 1.54) is 6.20 Å². The van der Waals surface area contributed by atoms with Gasteiger partial charge in [-0.1, -0.05) is 0 Å². The predicted molar refractivity (Wildman–Crippen MR) is 67.1 cm³/mol. The molecular weight excluding hydrogens is 287 g/mol. The first-order valence-corrected chi connectivity index (χ1v) is 6.24. The lowest BCUT2D eigenvalue weighted by atomic mass is 10.2. The minimum absolute atomic E-state index is 0. The molecule has 0 bridgehead atoms. The van der Waals surface area contributed by atoms with Gasteiger partial charge in [-0.15, -0.1) is 23.7 Å². The highest BCUT2D eigenvalue weighted by atomic mass is 35.5. The third-order valence-corrected chi connectivity index (χ3v) is 3.66. The molecule has 0 aromatic carbocycles. The fourth-order valence-electron chi connectivity index (χ4n) is 1.89. The highest BCUT2D eigenvalue weighted by Crippen LogP contribution is 2.32. The van der Waals surface area contributed by atoms with E-state index < -0.39 is 11.2 Å². The summed E-state index contributed by atoms with van der Waals surface area (Å²) in [6.07, 6.45) is -2.99. The van der Waals surface area contributed by atoms with Gasteiger partial charge in [-0.25, -0.2) is 4.98 Å². The zero-order valence-corrected chi connectivity index (χ0v) is 11.5. The van der Waals surface area contributed by atoms with Crippen molar-refractivity contribution in [3.63, 3.8) is 0 Å². The summed E-state index contributed by atoms with van der Waals surface area (Å²) in [5, 5.41) is 2.54. The van der Waals surface area contributed by atoms with Crippen molar-refractivity contribution < 1.29 is 13.2 Å². The Morgan fingerprint density at radius 2 is 2.28 bits per heavy atom. The van der Waals surface area contributed by atoms with Crippen molar-refractivity contribution >= 4 is 23.7 Å². The summed E-state index contributed by atoms with van der Waals surface area (Å²) in [4.78, 5) is 6.24. The van der Waals surface area contributed by atoms with Crippen LogP contribution in [0.4, 0.5) is 13.2 Å². The summed E-state index contributed by atoms with van der Waals surface area (Å²) in [6, 6.07) is 0.388. The smallest absolute Gasteiger partial charge is 0.312 e. The van der Waals surface area contributed by atoms with Gasteiger partial charge < -0.3 is 5.32 Å². The summed E-state index contributed by atoms with van der Waals surface area (Å²) in [5.41, 5.74) is 0. The Bertz CT molecular complexity index is 383. The van der Waals surface area contributed by atoms with Crippen LogP contribution in [-0.2, 0) is 12.7 Å². The van der Waals surface area contributed by atoms with Gasteiger partial charge in [0.2, 0.25) is 0 Å². The molecule has 8 heteroatoms. The molecule has 1 aromatic heterocycles. The molecule has 18 heavy (non-hydrogen) atoms. The topological polar surface area (TPSA) is 28.2 Å². The van der Waals surface area contributed by atoms with E-state index in [2.05, 4.69) is 22.1 Å². The molecule has 1 aliphatic rings. The van der Waals surface area contributed by atoms with E-state index in [1.54, 1.807) is 0 Å². The van der Waals surface area contributed by atoms with Gasteiger partial charge >= 0.3 is 6.18 Å². The summed E-state index contributed by atoms with van der Waals surface area (Å²) >= 11 is 0.737. The normalized spacial score (nSPS) is 21.7. The molecule has 0 saturated carbocycles. The van der Waals surface area contributed by atoms with Gasteiger partial charge in [-0.05, 0) is 6.92 Å². The van der Waals surface area contributed by atoms with E-state index in [0.29, 0.717) is 17.5 Å². The Balaban J connectivity index is 0.00000162. The highest BCUT2D eigenvalue weighted by molar-refractivity contribution is 7.11. The Morgan fingerprint density at radius 3 is 2.83 bits per heavy atom. The van der Waals surface area contributed by atoms with Gasteiger partial charge in [0.05, 0.1) is 0 Å². The van der Waals surface area contributed by atoms with Crippen molar-refractivity contribution in [2.24, 2.45) is 0 Å². The maximum atomic E-state index is 12.4. The van der Waals surface area contributed by atoms with Crippen LogP contribution >= 0.6 is 23.7 Å². The number of rotatable bonds is 2. The third-order valence-electron chi connectivity index (χ3n) is 2.63. The first kappa shape index (κ1) is 15.7. The fraction of sp³-hybridized carbons (Fsp3) is 0.700. The van der Waals surface area contributed by atoms with Crippen molar-refractivity contribution in [1.82, 2.24) is 15.2 Å². The molecule has 104 valence electrons. The molecule has 3 nitrogen and oxygen atoms in total. The zero-order chi connectivity index (χ0) is 12.5. The number of nitrogens with zero attached hydrogens (tertiary/aromatic N) is 2. The van der Waals surface area contributed by atoms with E-state index in [-0.39, 0.29) is 12.4 Å². The maximum Gasteiger partial charge on any atom is 0.443 e. The second-order valence-electron chi connectivity index (χ2n) is 4.22. The van der Waals surface area contributed by atoms with Crippen molar-refractivity contribution in [3.8, 4) is 0 Å². The van der Waals surface area contributed by atoms with E-state index in [1.807, 2.05) is 0 Å².